The molecular formula is C25H30N6O6Si. The van der Waals surface area contributed by atoms with E-state index in [4.69, 9.17) is 18.9 Å². The second kappa shape index (κ2) is 13.1. The Balaban J connectivity index is 1.96. The maximum absolute atomic E-state index is 13.0. The molecule has 38 heavy (non-hydrogen) atoms. The van der Waals surface area contributed by atoms with Crippen LogP contribution in [0.2, 0.25) is 19.6 Å². The van der Waals surface area contributed by atoms with Gasteiger partial charge >= 0.3 is 11.9 Å². The Morgan fingerprint density at radius 3 is 1.97 bits per heavy atom. The summed E-state index contributed by atoms with van der Waals surface area (Å²) in [6.07, 6.45) is -3.48. The van der Waals surface area contributed by atoms with E-state index in [1.807, 2.05) is 6.92 Å². The van der Waals surface area contributed by atoms with E-state index in [1.165, 1.54) is 0 Å². The first-order valence-corrected chi connectivity index (χ1v) is 15.6. The Bertz CT molecular complexity index is 1200. The highest BCUT2D eigenvalue weighted by Crippen LogP contribution is 2.32. The third kappa shape index (κ3) is 7.34. The van der Waals surface area contributed by atoms with Gasteiger partial charge in [-0.3, -0.25) is 0 Å². The zero-order valence-electron chi connectivity index (χ0n) is 21.6. The monoisotopic (exact) mass is 538 g/mol. The molecule has 2 aromatic carbocycles. The van der Waals surface area contributed by atoms with Crippen LogP contribution in [0.15, 0.2) is 70.9 Å². The lowest BCUT2D eigenvalue weighted by atomic mass is 9.95. The van der Waals surface area contributed by atoms with Crippen molar-refractivity contribution in [3.8, 4) is 0 Å². The minimum atomic E-state index is -1.85. The van der Waals surface area contributed by atoms with Gasteiger partial charge < -0.3 is 18.9 Å². The molecule has 1 aliphatic heterocycles. The van der Waals surface area contributed by atoms with Gasteiger partial charge in [-0.25, -0.2) is 9.59 Å². The van der Waals surface area contributed by atoms with Gasteiger partial charge in [0.05, 0.1) is 19.2 Å². The second-order valence-corrected chi connectivity index (χ2v) is 15.3. The Hall–Kier alpha value is -3.86. The van der Waals surface area contributed by atoms with E-state index in [-0.39, 0.29) is 17.9 Å². The van der Waals surface area contributed by atoms with Gasteiger partial charge in [0.1, 0.15) is 30.9 Å². The van der Waals surface area contributed by atoms with Crippen LogP contribution < -0.4 is 0 Å². The summed E-state index contributed by atoms with van der Waals surface area (Å²) in [5.74, 6) is -1.33. The highest BCUT2D eigenvalue weighted by atomic mass is 28.3. The first kappa shape index (κ1) is 28.7. The molecule has 0 amide bonds. The van der Waals surface area contributed by atoms with Gasteiger partial charge in [-0.2, -0.15) is 0 Å². The van der Waals surface area contributed by atoms with Crippen LogP contribution in [0.25, 0.3) is 20.9 Å². The van der Waals surface area contributed by atoms with Crippen molar-refractivity contribution in [3.05, 3.63) is 92.7 Å². The molecule has 0 spiro atoms. The van der Waals surface area contributed by atoms with Crippen molar-refractivity contribution in [2.24, 2.45) is 10.2 Å². The second-order valence-electron chi connectivity index (χ2n) is 9.78. The summed E-state index contributed by atoms with van der Waals surface area (Å²) in [6.45, 7) is 7.84. The van der Waals surface area contributed by atoms with E-state index in [1.54, 1.807) is 60.7 Å². The van der Waals surface area contributed by atoms with Crippen molar-refractivity contribution < 1.29 is 28.5 Å². The minimum absolute atomic E-state index is 0.248. The molecule has 2 aromatic rings. The maximum atomic E-state index is 13.0. The average Bonchev–Trinajstić information content (AvgIpc) is 2.91. The molecule has 0 aliphatic carbocycles. The zero-order chi connectivity index (χ0) is 27.7. The highest BCUT2D eigenvalue weighted by molar-refractivity contribution is 6.77. The maximum Gasteiger partial charge on any atom is 0.338 e. The van der Waals surface area contributed by atoms with Crippen LogP contribution in [-0.4, -0.2) is 62.9 Å². The number of azide groups is 2. The molecule has 0 radical (unpaired) electrons. The van der Waals surface area contributed by atoms with Gasteiger partial charge in [-0.1, -0.05) is 66.3 Å². The lowest BCUT2D eigenvalue weighted by Crippen LogP contribution is -2.60. The molecule has 2 unspecified atom stereocenters. The average molecular weight is 539 g/mol. The molecule has 200 valence electrons. The van der Waals surface area contributed by atoms with Crippen molar-refractivity contribution in [2.75, 3.05) is 6.61 Å². The van der Waals surface area contributed by atoms with Crippen LogP contribution in [0.4, 0.5) is 0 Å². The molecule has 1 saturated heterocycles. The van der Waals surface area contributed by atoms with Gasteiger partial charge in [-0.15, -0.1) is 0 Å². The molecule has 0 saturated carbocycles. The zero-order valence-corrected chi connectivity index (χ0v) is 22.6. The van der Waals surface area contributed by atoms with Crippen molar-refractivity contribution in [1.29, 1.82) is 0 Å². The summed E-state index contributed by atoms with van der Waals surface area (Å²) in [6, 6.07) is 14.2. The number of carbonyl (C=O) groups is 2. The lowest BCUT2D eigenvalue weighted by molar-refractivity contribution is -0.242. The number of carbonyl (C=O) groups excluding carboxylic acids is 2. The summed E-state index contributed by atoms with van der Waals surface area (Å²) < 4.78 is 23.5. The molecule has 13 heteroatoms. The summed E-state index contributed by atoms with van der Waals surface area (Å²) in [7, 11) is -1.85. The molecular weight excluding hydrogens is 508 g/mol. The van der Waals surface area contributed by atoms with Crippen LogP contribution >= 0.6 is 0 Å². The fourth-order valence-electron chi connectivity index (χ4n) is 3.66. The molecule has 0 aromatic heterocycles. The summed E-state index contributed by atoms with van der Waals surface area (Å²) in [5, 5.41) is 7.61. The third-order valence-electron chi connectivity index (χ3n) is 6.21. The van der Waals surface area contributed by atoms with E-state index in [9.17, 15) is 20.7 Å². The van der Waals surface area contributed by atoms with E-state index in [0.717, 1.165) is 0 Å². The minimum Gasteiger partial charge on any atom is -0.459 e. The number of hydrogen-bond donors (Lipinski definition) is 0. The summed E-state index contributed by atoms with van der Waals surface area (Å²) in [4.78, 5) is 31.4. The van der Waals surface area contributed by atoms with Gasteiger partial charge in [0.25, 0.3) is 0 Å². The number of benzene rings is 2. The number of hydrogen-bond acceptors (Lipinski definition) is 8. The molecule has 6 atom stereocenters. The first-order valence-electron chi connectivity index (χ1n) is 12.0. The number of ether oxygens (including phenoxy) is 4. The van der Waals surface area contributed by atoms with Gasteiger partial charge in [0.15, 0.2) is 6.29 Å². The molecule has 12 nitrogen and oxygen atoms in total. The van der Waals surface area contributed by atoms with E-state index >= 15 is 0 Å². The van der Waals surface area contributed by atoms with Crippen LogP contribution in [0.5, 0.6) is 0 Å². The Morgan fingerprint density at radius 2 is 1.45 bits per heavy atom. The van der Waals surface area contributed by atoms with Crippen molar-refractivity contribution in [1.82, 2.24) is 0 Å². The molecule has 1 fully saturated rings. The fraction of sp³-hybridized carbons (Fsp3) is 0.440. The van der Waals surface area contributed by atoms with Gasteiger partial charge in [-0.05, 0) is 42.3 Å². The van der Waals surface area contributed by atoms with Gasteiger partial charge in [0.2, 0.25) is 0 Å². The van der Waals surface area contributed by atoms with Gasteiger partial charge in [0, 0.05) is 15.6 Å². The third-order valence-corrected chi connectivity index (χ3v) is 8.79. The molecule has 1 heterocycles. The van der Waals surface area contributed by atoms with Crippen LogP contribution in [0.1, 0.15) is 27.6 Å². The normalized spacial score (nSPS) is 23.7. The quantitative estimate of drug-likeness (QED) is 0.128. The highest BCUT2D eigenvalue weighted by Gasteiger charge is 2.49. The van der Waals surface area contributed by atoms with E-state index < -0.39 is 50.6 Å². The van der Waals surface area contributed by atoms with Crippen molar-refractivity contribution in [2.45, 2.75) is 62.9 Å². The number of esters is 2. The predicted octanol–water partition coefficient (Wildman–Crippen LogP) is 5.43. The SMILES string of the molecule is CC(OC1O[C@H](COC(=O)c2ccccc2)[C@@H](N=[N+]=[N-])[C@H](OC(=O)c2ccccc2)[C@@H]1N=[N+]=[N-])[Si](C)(C)C. The fourth-order valence-corrected chi connectivity index (χ4v) is 4.20. The standard InChI is InChI=1S/C25H30N6O6Si/c1-16(38(2,3)4)35-25-21(29-31-27)22(37-24(33)18-13-9-6-10-14-18)20(28-30-26)19(36-25)15-34-23(32)17-11-7-5-8-12-17/h5-14,16,19-22,25H,15H2,1-4H3/t16?,19-,20-,21+,22+,25?/m1/s1. The number of nitrogens with zero attached hydrogens (tertiary/aromatic N) is 6. The molecule has 0 N–H and O–H groups in total. The number of rotatable bonds is 10. The van der Waals surface area contributed by atoms with E-state index in [2.05, 4.69) is 39.7 Å². The predicted molar refractivity (Wildman–Crippen MR) is 141 cm³/mol. The van der Waals surface area contributed by atoms with Crippen LogP contribution in [0, 0.1) is 0 Å². The largest absolute Gasteiger partial charge is 0.459 e. The summed E-state index contributed by atoms with van der Waals surface area (Å²) >= 11 is 0. The Labute approximate surface area is 221 Å². The Morgan fingerprint density at radius 1 is 0.921 bits per heavy atom. The Kier molecular flexibility index (Phi) is 9.89. The first-order chi connectivity index (χ1) is 18.2. The topological polar surface area (TPSA) is 169 Å². The van der Waals surface area contributed by atoms with E-state index in [0.29, 0.717) is 5.56 Å². The molecule has 3 rings (SSSR count). The van der Waals surface area contributed by atoms with Crippen molar-refractivity contribution in [3.63, 3.8) is 0 Å². The smallest absolute Gasteiger partial charge is 0.338 e. The summed E-state index contributed by atoms with van der Waals surface area (Å²) in [5.41, 5.74) is 19.0. The molecule has 0 bridgehead atoms. The van der Waals surface area contributed by atoms with Crippen LogP contribution in [0.3, 0.4) is 0 Å². The molecule has 1 aliphatic rings. The lowest BCUT2D eigenvalue weighted by Gasteiger charge is -2.44. The van der Waals surface area contributed by atoms with Crippen LogP contribution in [-0.2, 0) is 18.9 Å². The van der Waals surface area contributed by atoms with Crippen molar-refractivity contribution >= 4 is 20.0 Å².